The Hall–Kier alpha value is -1.20. The highest BCUT2D eigenvalue weighted by Gasteiger charge is 2.11. The predicted octanol–water partition coefficient (Wildman–Crippen LogP) is 2.14. The van der Waals surface area contributed by atoms with Crippen molar-refractivity contribution in [1.82, 2.24) is 20.2 Å². The van der Waals surface area contributed by atoms with E-state index in [1.807, 2.05) is 12.4 Å². The molecule has 5 heteroatoms. The number of aromatic nitrogens is 2. The summed E-state index contributed by atoms with van der Waals surface area (Å²) in [6.45, 7) is 12.4. The summed E-state index contributed by atoms with van der Waals surface area (Å²) >= 11 is 0. The Kier molecular flexibility index (Phi) is 7.05. The molecule has 0 aliphatic heterocycles. The summed E-state index contributed by atoms with van der Waals surface area (Å²) < 4.78 is 0. The highest BCUT2D eigenvalue weighted by Crippen LogP contribution is 2.11. The molecular formula is C16H31N5. The number of anilines is 1. The van der Waals surface area contributed by atoms with Gasteiger partial charge in [0.05, 0.1) is 11.9 Å². The zero-order valence-corrected chi connectivity index (χ0v) is 14.5. The molecule has 5 nitrogen and oxygen atoms in total. The van der Waals surface area contributed by atoms with Crippen molar-refractivity contribution in [3.8, 4) is 0 Å². The lowest BCUT2D eigenvalue weighted by Crippen LogP contribution is -2.35. The van der Waals surface area contributed by atoms with Gasteiger partial charge >= 0.3 is 0 Å². The van der Waals surface area contributed by atoms with Gasteiger partial charge in [-0.2, -0.15) is 0 Å². The third-order valence-corrected chi connectivity index (χ3v) is 3.21. The second kappa shape index (κ2) is 8.29. The van der Waals surface area contributed by atoms with Crippen molar-refractivity contribution in [3.05, 3.63) is 18.1 Å². The van der Waals surface area contributed by atoms with Gasteiger partial charge in [0, 0.05) is 31.4 Å². The third kappa shape index (κ3) is 7.39. The second-order valence-electron chi connectivity index (χ2n) is 6.71. The van der Waals surface area contributed by atoms with Crippen LogP contribution in [0.1, 0.15) is 39.8 Å². The molecule has 0 saturated heterocycles. The van der Waals surface area contributed by atoms with Crippen LogP contribution in [-0.2, 0) is 6.54 Å². The maximum atomic E-state index is 4.73. The topological polar surface area (TPSA) is 44.3 Å². The van der Waals surface area contributed by atoms with Crippen molar-refractivity contribution < 1.29 is 0 Å². The summed E-state index contributed by atoms with van der Waals surface area (Å²) in [6, 6.07) is 0. The molecule has 1 aromatic heterocycles. The van der Waals surface area contributed by atoms with E-state index in [-0.39, 0.29) is 5.54 Å². The van der Waals surface area contributed by atoms with Crippen molar-refractivity contribution in [2.45, 2.75) is 46.2 Å². The fraction of sp³-hybridized carbons (Fsp3) is 0.750. The highest BCUT2D eigenvalue weighted by molar-refractivity contribution is 5.36. The molecule has 1 N–H and O–H groups in total. The molecule has 0 fully saturated rings. The summed E-state index contributed by atoms with van der Waals surface area (Å²) in [5.74, 6) is 0.976. The molecule has 0 saturated carbocycles. The van der Waals surface area contributed by atoms with E-state index in [2.05, 4.69) is 61.9 Å². The van der Waals surface area contributed by atoms with E-state index in [9.17, 15) is 0 Å². The van der Waals surface area contributed by atoms with E-state index in [0.717, 1.165) is 44.1 Å². The lowest BCUT2D eigenvalue weighted by Gasteiger charge is -2.24. The van der Waals surface area contributed by atoms with Gasteiger partial charge in [0.2, 0.25) is 0 Å². The Morgan fingerprint density at radius 2 is 1.86 bits per heavy atom. The van der Waals surface area contributed by atoms with Crippen molar-refractivity contribution in [3.63, 3.8) is 0 Å². The first-order valence-electron chi connectivity index (χ1n) is 7.77. The summed E-state index contributed by atoms with van der Waals surface area (Å²) in [5.41, 5.74) is 1.09. The molecule has 0 bridgehead atoms. The van der Waals surface area contributed by atoms with Crippen molar-refractivity contribution in [2.75, 3.05) is 38.6 Å². The van der Waals surface area contributed by atoms with E-state index < -0.39 is 0 Å². The zero-order valence-electron chi connectivity index (χ0n) is 14.5. The van der Waals surface area contributed by atoms with Crippen LogP contribution < -0.4 is 10.2 Å². The predicted molar refractivity (Wildman–Crippen MR) is 89.7 cm³/mol. The molecule has 0 aromatic carbocycles. The normalized spacial score (nSPS) is 12.0. The Bertz CT molecular complexity index is 411. The van der Waals surface area contributed by atoms with Gasteiger partial charge in [-0.15, -0.1) is 0 Å². The van der Waals surface area contributed by atoms with E-state index in [4.69, 9.17) is 4.98 Å². The molecule has 120 valence electrons. The van der Waals surface area contributed by atoms with E-state index in [1.165, 1.54) is 0 Å². The van der Waals surface area contributed by atoms with Crippen LogP contribution in [0.3, 0.4) is 0 Å². The maximum absolute atomic E-state index is 4.73. The van der Waals surface area contributed by atoms with Crippen LogP contribution in [0.25, 0.3) is 0 Å². The van der Waals surface area contributed by atoms with Crippen LogP contribution in [-0.4, -0.2) is 54.1 Å². The number of nitrogens with zero attached hydrogens (tertiary/aromatic N) is 4. The molecule has 0 amide bonds. The van der Waals surface area contributed by atoms with Crippen LogP contribution >= 0.6 is 0 Å². The number of hydrogen-bond donors (Lipinski definition) is 1. The molecule has 0 aliphatic carbocycles. The Balaban J connectivity index is 2.63. The smallest absolute Gasteiger partial charge is 0.147 e. The first kappa shape index (κ1) is 17.9. The monoisotopic (exact) mass is 293 g/mol. The van der Waals surface area contributed by atoms with Gasteiger partial charge in [-0.25, -0.2) is 4.98 Å². The van der Waals surface area contributed by atoms with Crippen LogP contribution in [0.5, 0.6) is 0 Å². The minimum atomic E-state index is 0.0911. The number of nitrogens with one attached hydrogen (secondary N) is 1. The van der Waals surface area contributed by atoms with E-state index >= 15 is 0 Å². The quantitative estimate of drug-likeness (QED) is 0.795. The van der Waals surface area contributed by atoms with Gasteiger partial charge in [0.15, 0.2) is 0 Å². The Morgan fingerprint density at radius 1 is 1.14 bits per heavy atom. The summed E-state index contributed by atoms with van der Waals surface area (Å²) in [5, 5.41) is 3.45. The van der Waals surface area contributed by atoms with Gasteiger partial charge in [0.25, 0.3) is 0 Å². The molecular weight excluding hydrogens is 262 g/mol. The lowest BCUT2D eigenvalue weighted by atomic mass is 10.1. The van der Waals surface area contributed by atoms with E-state index in [0.29, 0.717) is 0 Å². The molecule has 1 heterocycles. The Labute approximate surface area is 129 Å². The van der Waals surface area contributed by atoms with Crippen molar-refractivity contribution in [2.24, 2.45) is 0 Å². The summed E-state index contributed by atoms with van der Waals surface area (Å²) in [6.07, 6.45) is 4.84. The van der Waals surface area contributed by atoms with Crippen LogP contribution in [0, 0.1) is 0 Å². The minimum Gasteiger partial charge on any atom is -0.356 e. The standard InChI is InChI=1S/C16H31N5/c1-7-21(10-8-9-20(5)6)15-13-17-11-14(19-15)12-18-16(2,3)4/h11,13,18H,7-10,12H2,1-6H3. The minimum absolute atomic E-state index is 0.0911. The lowest BCUT2D eigenvalue weighted by molar-refractivity contribution is 0.400. The molecule has 0 aliphatic rings. The molecule has 1 aromatic rings. The van der Waals surface area contributed by atoms with Crippen LogP contribution in [0.2, 0.25) is 0 Å². The fourth-order valence-electron chi connectivity index (χ4n) is 2.00. The van der Waals surface area contributed by atoms with Crippen LogP contribution in [0.4, 0.5) is 5.82 Å². The van der Waals surface area contributed by atoms with Gasteiger partial charge in [-0.1, -0.05) is 0 Å². The van der Waals surface area contributed by atoms with Gasteiger partial charge in [0.1, 0.15) is 5.82 Å². The third-order valence-electron chi connectivity index (χ3n) is 3.21. The average molecular weight is 293 g/mol. The van der Waals surface area contributed by atoms with Gasteiger partial charge in [-0.3, -0.25) is 4.98 Å². The fourth-order valence-corrected chi connectivity index (χ4v) is 2.00. The molecule has 0 spiro atoms. The molecule has 21 heavy (non-hydrogen) atoms. The van der Waals surface area contributed by atoms with Gasteiger partial charge < -0.3 is 15.1 Å². The summed E-state index contributed by atoms with van der Waals surface area (Å²) in [4.78, 5) is 13.6. The summed E-state index contributed by atoms with van der Waals surface area (Å²) in [7, 11) is 4.21. The highest BCUT2D eigenvalue weighted by atomic mass is 15.2. The zero-order chi connectivity index (χ0) is 15.9. The number of rotatable bonds is 8. The largest absolute Gasteiger partial charge is 0.356 e. The first-order chi connectivity index (χ1) is 9.81. The van der Waals surface area contributed by atoms with Crippen molar-refractivity contribution >= 4 is 5.82 Å². The Morgan fingerprint density at radius 3 is 2.43 bits per heavy atom. The van der Waals surface area contributed by atoms with E-state index in [1.54, 1.807) is 0 Å². The van der Waals surface area contributed by atoms with Crippen molar-refractivity contribution in [1.29, 1.82) is 0 Å². The maximum Gasteiger partial charge on any atom is 0.147 e. The second-order valence-corrected chi connectivity index (χ2v) is 6.71. The molecule has 0 atom stereocenters. The first-order valence-corrected chi connectivity index (χ1v) is 7.77. The molecule has 1 rings (SSSR count). The van der Waals surface area contributed by atoms with Gasteiger partial charge in [-0.05, 0) is 54.8 Å². The molecule has 0 radical (unpaired) electrons. The molecule has 0 unspecified atom stereocenters. The number of hydrogen-bond acceptors (Lipinski definition) is 5. The van der Waals surface area contributed by atoms with Crippen LogP contribution in [0.15, 0.2) is 12.4 Å². The SMILES string of the molecule is CCN(CCCN(C)C)c1cncc(CNC(C)(C)C)n1. The average Bonchev–Trinajstić information content (AvgIpc) is 2.41.